The second-order valence-corrected chi connectivity index (χ2v) is 16.0. The van der Waals surface area contributed by atoms with E-state index in [0.717, 1.165) is 33.9 Å². The van der Waals surface area contributed by atoms with Crippen molar-refractivity contribution in [1.29, 1.82) is 0 Å². The molecule has 2 aliphatic rings. The van der Waals surface area contributed by atoms with Gasteiger partial charge in [-0.15, -0.1) is 11.3 Å². The van der Waals surface area contributed by atoms with Gasteiger partial charge in [0.2, 0.25) is 0 Å². The molecule has 0 bridgehead atoms. The van der Waals surface area contributed by atoms with Crippen molar-refractivity contribution in [3.8, 4) is 45.0 Å². The highest BCUT2D eigenvalue weighted by Crippen LogP contribution is 2.62. The molecule has 0 unspecified atom stereocenters. The monoisotopic (exact) mass is 694 g/mol. The lowest BCUT2D eigenvalue weighted by molar-refractivity contribution is 0.563. The third-order valence-corrected chi connectivity index (χ3v) is 12.9. The van der Waals surface area contributed by atoms with Crippen molar-refractivity contribution < 1.29 is 0 Å². The molecule has 2 nitrogen and oxygen atoms in total. The molecule has 0 amide bonds. The highest BCUT2D eigenvalue weighted by molar-refractivity contribution is 7.25. The van der Waals surface area contributed by atoms with Crippen molar-refractivity contribution >= 4 is 31.5 Å². The number of benzene rings is 7. The van der Waals surface area contributed by atoms with Crippen LogP contribution >= 0.6 is 11.3 Å². The zero-order chi connectivity index (χ0) is 35.3. The minimum Gasteiger partial charge on any atom is -0.228 e. The summed E-state index contributed by atoms with van der Waals surface area (Å²) in [5, 5.41) is 2.56. The zero-order valence-corrected chi connectivity index (χ0v) is 30.3. The minimum atomic E-state index is -0.463. The smallest absolute Gasteiger partial charge is 0.160 e. The zero-order valence-electron chi connectivity index (χ0n) is 29.5. The number of rotatable bonds is 3. The topological polar surface area (TPSA) is 25.8 Å². The molecule has 0 saturated heterocycles. The Morgan fingerprint density at radius 3 is 1.72 bits per heavy atom. The number of fused-ring (bicyclic) bond motifs is 12. The molecule has 53 heavy (non-hydrogen) atoms. The molecule has 0 saturated carbocycles. The number of hydrogen-bond donors (Lipinski definition) is 0. The molecule has 3 heteroatoms. The van der Waals surface area contributed by atoms with Crippen LogP contribution in [0.4, 0.5) is 0 Å². The van der Waals surface area contributed by atoms with Crippen LogP contribution in [-0.2, 0) is 10.8 Å². The van der Waals surface area contributed by atoms with Crippen molar-refractivity contribution in [1.82, 2.24) is 9.97 Å². The predicted octanol–water partition coefficient (Wildman–Crippen LogP) is 12.8. The van der Waals surface area contributed by atoms with E-state index in [1.807, 2.05) is 11.3 Å². The third-order valence-electron chi connectivity index (χ3n) is 11.8. The highest BCUT2D eigenvalue weighted by Gasteiger charge is 2.53. The lowest BCUT2D eigenvalue weighted by atomic mass is 9.55. The maximum atomic E-state index is 5.39. The molecule has 7 aromatic carbocycles. The Labute approximate surface area is 313 Å². The molecular weight excluding hydrogens is 661 g/mol. The predicted molar refractivity (Wildman–Crippen MR) is 221 cm³/mol. The molecule has 0 atom stereocenters. The summed E-state index contributed by atoms with van der Waals surface area (Å²) < 4.78 is 2.54. The summed E-state index contributed by atoms with van der Waals surface area (Å²) in [6.07, 6.45) is 0. The van der Waals surface area contributed by atoms with Gasteiger partial charge in [-0.2, -0.15) is 0 Å². The summed E-state index contributed by atoms with van der Waals surface area (Å²) in [6, 6.07) is 62.3. The van der Waals surface area contributed by atoms with Crippen LogP contribution in [0.5, 0.6) is 0 Å². The molecule has 2 heterocycles. The molecule has 11 rings (SSSR count). The summed E-state index contributed by atoms with van der Waals surface area (Å²) >= 11 is 1.83. The summed E-state index contributed by atoms with van der Waals surface area (Å²) in [4.78, 5) is 10.6. The second-order valence-electron chi connectivity index (χ2n) is 14.9. The van der Waals surface area contributed by atoms with Gasteiger partial charge >= 0.3 is 0 Å². The Balaban J connectivity index is 1.18. The number of aromatic nitrogens is 2. The van der Waals surface area contributed by atoms with Crippen LogP contribution in [0.2, 0.25) is 0 Å². The van der Waals surface area contributed by atoms with Gasteiger partial charge in [0, 0.05) is 42.3 Å². The van der Waals surface area contributed by atoms with E-state index < -0.39 is 5.41 Å². The Morgan fingerprint density at radius 1 is 0.396 bits per heavy atom. The Bertz CT molecular complexity index is 2890. The maximum Gasteiger partial charge on any atom is 0.160 e. The summed E-state index contributed by atoms with van der Waals surface area (Å²) in [5.74, 6) is 0.732. The van der Waals surface area contributed by atoms with E-state index in [9.17, 15) is 0 Å². The number of thiophene rings is 1. The maximum absolute atomic E-state index is 5.39. The van der Waals surface area contributed by atoms with Crippen molar-refractivity contribution in [2.24, 2.45) is 0 Å². The Kier molecular flexibility index (Phi) is 6.42. The van der Waals surface area contributed by atoms with E-state index in [1.165, 1.54) is 64.7 Å². The van der Waals surface area contributed by atoms with Crippen molar-refractivity contribution in [3.63, 3.8) is 0 Å². The average molecular weight is 695 g/mol. The van der Waals surface area contributed by atoms with E-state index >= 15 is 0 Å². The quantitative estimate of drug-likeness (QED) is 0.184. The number of hydrogen-bond acceptors (Lipinski definition) is 3. The largest absolute Gasteiger partial charge is 0.228 e. The third kappa shape index (κ3) is 4.26. The molecular formula is C50H34N2S. The van der Waals surface area contributed by atoms with Crippen LogP contribution in [0, 0.1) is 0 Å². The van der Waals surface area contributed by atoms with Crippen molar-refractivity contribution in [3.05, 3.63) is 203 Å². The van der Waals surface area contributed by atoms with Crippen LogP contribution in [0.15, 0.2) is 170 Å². The summed E-state index contributed by atoms with van der Waals surface area (Å²) in [7, 11) is 0. The Morgan fingerprint density at radius 2 is 0.962 bits per heavy atom. The van der Waals surface area contributed by atoms with E-state index in [4.69, 9.17) is 9.97 Å². The highest BCUT2D eigenvalue weighted by atomic mass is 32.1. The first-order chi connectivity index (χ1) is 26.0. The van der Waals surface area contributed by atoms with E-state index in [-0.39, 0.29) is 5.41 Å². The van der Waals surface area contributed by atoms with Crippen LogP contribution in [0.3, 0.4) is 0 Å². The average Bonchev–Trinajstić information content (AvgIpc) is 3.74. The lowest BCUT2D eigenvalue weighted by Crippen LogP contribution is -2.40. The standard InChI is InChI=1S/C50H34N2S/c1-49(2)40-21-11-12-22-42(40)50(38-19-9-6-16-34(38)35-17-7-10-20-39(35)50)43-28-32(25-27-41(43)49)45-30-44(31-14-4-3-5-15-31)51-48(52-45)33-24-26-37-36-18-8-13-23-46(36)53-47(37)29-33/h3-30H,1-2H3. The van der Waals surface area contributed by atoms with Gasteiger partial charge < -0.3 is 0 Å². The second kappa shape index (κ2) is 11.2. The summed E-state index contributed by atoms with van der Waals surface area (Å²) in [5.41, 5.74) is 15.0. The minimum absolute atomic E-state index is 0.201. The van der Waals surface area contributed by atoms with Gasteiger partial charge in [0.25, 0.3) is 0 Å². The normalized spacial score (nSPS) is 14.5. The SMILES string of the molecule is CC1(C)c2ccccc2C2(c3ccccc3-c3ccccc32)c2cc(-c3cc(-c4ccccc4)nc(-c4ccc5c(c4)sc4ccccc45)n3)ccc21. The fourth-order valence-corrected chi connectivity index (χ4v) is 10.5. The first-order valence-corrected chi connectivity index (χ1v) is 19.1. The number of nitrogens with zero attached hydrogens (tertiary/aromatic N) is 2. The van der Waals surface area contributed by atoms with E-state index in [1.54, 1.807) is 0 Å². The van der Waals surface area contributed by atoms with Gasteiger partial charge in [0.15, 0.2) is 5.82 Å². The molecule has 0 radical (unpaired) electrons. The van der Waals surface area contributed by atoms with Crippen molar-refractivity contribution in [2.45, 2.75) is 24.7 Å². The van der Waals surface area contributed by atoms with Gasteiger partial charge in [0.05, 0.1) is 16.8 Å². The molecule has 250 valence electrons. The molecule has 0 aliphatic heterocycles. The van der Waals surface area contributed by atoms with Gasteiger partial charge in [0.1, 0.15) is 0 Å². The molecule has 0 fully saturated rings. The molecule has 1 spiro atoms. The Hall–Kier alpha value is -6.16. The van der Waals surface area contributed by atoms with Gasteiger partial charge in [-0.3, -0.25) is 0 Å². The van der Waals surface area contributed by atoms with Crippen LogP contribution in [0.1, 0.15) is 47.2 Å². The van der Waals surface area contributed by atoms with Gasteiger partial charge in [-0.05, 0) is 68.8 Å². The van der Waals surface area contributed by atoms with E-state index in [0.29, 0.717) is 0 Å². The molecule has 2 aromatic heterocycles. The first kappa shape index (κ1) is 30.5. The van der Waals surface area contributed by atoms with Gasteiger partial charge in [-0.1, -0.05) is 159 Å². The fourth-order valence-electron chi connectivity index (χ4n) is 9.37. The van der Waals surface area contributed by atoms with Crippen LogP contribution in [0.25, 0.3) is 65.2 Å². The van der Waals surface area contributed by atoms with Crippen LogP contribution < -0.4 is 0 Å². The van der Waals surface area contributed by atoms with Crippen molar-refractivity contribution in [2.75, 3.05) is 0 Å². The molecule has 0 N–H and O–H groups in total. The molecule has 2 aliphatic carbocycles. The molecule has 9 aromatic rings. The lowest BCUT2D eigenvalue weighted by Gasteiger charge is -2.46. The first-order valence-electron chi connectivity index (χ1n) is 18.3. The van der Waals surface area contributed by atoms with Gasteiger partial charge in [-0.25, -0.2) is 9.97 Å². The van der Waals surface area contributed by atoms with E-state index in [2.05, 4.69) is 184 Å². The van der Waals surface area contributed by atoms with Crippen LogP contribution in [-0.4, -0.2) is 9.97 Å². The summed E-state index contributed by atoms with van der Waals surface area (Å²) in [6.45, 7) is 4.76. The fraction of sp³-hybridized carbons (Fsp3) is 0.0800.